The van der Waals surface area contributed by atoms with Crippen LogP contribution >= 0.6 is 0 Å². The molecule has 29 heavy (non-hydrogen) atoms. The quantitative estimate of drug-likeness (QED) is 0.782. The highest BCUT2D eigenvalue weighted by molar-refractivity contribution is 5.94. The number of carbonyl (C=O) groups excluding carboxylic acids is 2. The Labute approximate surface area is 173 Å². The van der Waals surface area contributed by atoms with Gasteiger partial charge in [-0.3, -0.25) is 9.59 Å². The lowest BCUT2D eigenvalue weighted by Crippen LogP contribution is -2.57. The smallest absolute Gasteiger partial charge is 0.249 e. The highest BCUT2D eigenvalue weighted by Gasteiger charge is 2.39. The van der Waals surface area contributed by atoms with E-state index in [0.29, 0.717) is 18.4 Å². The van der Waals surface area contributed by atoms with Crippen molar-refractivity contribution in [2.24, 2.45) is 5.92 Å². The fourth-order valence-electron chi connectivity index (χ4n) is 5.17. The van der Waals surface area contributed by atoms with Gasteiger partial charge in [-0.15, -0.1) is 0 Å². The maximum atomic E-state index is 13.1. The maximum Gasteiger partial charge on any atom is 0.249 e. The molecular formula is C24H32N2O3. The van der Waals surface area contributed by atoms with E-state index in [-0.39, 0.29) is 11.8 Å². The topological polar surface area (TPSA) is 49.9 Å². The van der Waals surface area contributed by atoms with Crippen molar-refractivity contribution in [3.8, 4) is 5.75 Å². The summed E-state index contributed by atoms with van der Waals surface area (Å²) in [6.07, 6.45) is 9.90. The summed E-state index contributed by atoms with van der Waals surface area (Å²) in [6, 6.07) is 8.03. The van der Waals surface area contributed by atoms with E-state index >= 15 is 0 Å². The molecule has 1 aromatic rings. The lowest BCUT2D eigenvalue weighted by molar-refractivity contribution is -0.139. The fourth-order valence-corrected chi connectivity index (χ4v) is 5.17. The second-order valence-corrected chi connectivity index (χ2v) is 8.60. The van der Waals surface area contributed by atoms with Crippen LogP contribution in [0.15, 0.2) is 35.9 Å². The predicted molar refractivity (Wildman–Crippen MR) is 113 cm³/mol. The molecule has 156 valence electrons. The number of carbonyl (C=O) groups is 2. The Hall–Kier alpha value is -2.30. The zero-order chi connectivity index (χ0) is 20.2. The minimum Gasteiger partial charge on any atom is -0.497 e. The number of hydrogen-bond acceptors (Lipinski definition) is 3. The van der Waals surface area contributed by atoms with Crippen LogP contribution in [0.25, 0.3) is 0 Å². The summed E-state index contributed by atoms with van der Waals surface area (Å²) in [5.41, 5.74) is 2.01. The molecule has 0 aromatic heterocycles. The van der Waals surface area contributed by atoms with Crippen molar-refractivity contribution in [2.45, 2.75) is 57.4 Å². The number of benzene rings is 1. The molecule has 2 heterocycles. The number of likely N-dealkylation sites (tertiary alicyclic amines) is 2. The first-order chi connectivity index (χ1) is 14.2. The molecule has 2 fully saturated rings. The second-order valence-electron chi connectivity index (χ2n) is 8.60. The molecule has 3 aliphatic rings. The first-order valence-electron chi connectivity index (χ1n) is 11.1. The average molecular weight is 397 g/mol. The number of rotatable bonds is 4. The fraction of sp³-hybridized carbons (Fsp3) is 0.583. The van der Waals surface area contributed by atoms with Crippen LogP contribution in [-0.4, -0.2) is 54.4 Å². The van der Waals surface area contributed by atoms with Gasteiger partial charge < -0.3 is 14.5 Å². The predicted octanol–water partition coefficient (Wildman–Crippen LogP) is 3.58. The largest absolute Gasteiger partial charge is 0.497 e. The Morgan fingerprint density at radius 1 is 1.14 bits per heavy atom. The van der Waals surface area contributed by atoms with Gasteiger partial charge in [0.2, 0.25) is 11.8 Å². The number of ether oxygens (including phenoxy) is 1. The number of fused-ring (bicyclic) bond motifs is 1. The van der Waals surface area contributed by atoms with E-state index < -0.39 is 0 Å². The van der Waals surface area contributed by atoms with E-state index in [4.69, 9.17) is 4.74 Å². The van der Waals surface area contributed by atoms with Crippen LogP contribution in [0.1, 0.15) is 50.5 Å². The van der Waals surface area contributed by atoms with Crippen LogP contribution < -0.4 is 4.74 Å². The molecule has 1 aliphatic carbocycles. The molecule has 0 N–H and O–H groups in total. The third-order valence-corrected chi connectivity index (χ3v) is 6.74. The van der Waals surface area contributed by atoms with E-state index in [9.17, 15) is 9.59 Å². The van der Waals surface area contributed by atoms with Gasteiger partial charge in [-0.1, -0.05) is 18.2 Å². The number of hydrogen-bond donors (Lipinski definition) is 0. The molecular weight excluding hydrogens is 364 g/mol. The van der Waals surface area contributed by atoms with Crippen molar-refractivity contribution in [2.75, 3.05) is 26.7 Å². The van der Waals surface area contributed by atoms with Gasteiger partial charge in [-0.05, 0) is 68.6 Å². The monoisotopic (exact) mass is 396 g/mol. The number of allylic oxidation sites excluding steroid dienone is 1. The summed E-state index contributed by atoms with van der Waals surface area (Å²) < 4.78 is 5.27. The summed E-state index contributed by atoms with van der Waals surface area (Å²) in [5, 5.41) is 0. The van der Waals surface area contributed by atoms with Gasteiger partial charge in [0.25, 0.3) is 0 Å². The zero-order valence-electron chi connectivity index (χ0n) is 17.4. The van der Waals surface area contributed by atoms with Crippen molar-refractivity contribution >= 4 is 11.8 Å². The summed E-state index contributed by atoms with van der Waals surface area (Å²) >= 11 is 0. The lowest BCUT2D eigenvalue weighted by Gasteiger charge is -2.47. The van der Waals surface area contributed by atoms with Crippen molar-refractivity contribution < 1.29 is 14.3 Å². The third-order valence-electron chi connectivity index (χ3n) is 6.74. The van der Waals surface area contributed by atoms with Crippen LogP contribution in [0.2, 0.25) is 0 Å². The van der Waals surface area contributed by atoms with Crippen LogP contribution in [0.5, 0.6) is 5.75 Å². The third kappa shape index (κ3) is 4.49. The molecule has 1 aromatic carbocycles. The molecule has 4 rings (SSSR count). The maximum absolute atomic E-state index is 13.1. The summed E-state index contributed by atoms with van der Waals surface area (Å²) in [7, 11) is 1.64. The Bertz CT molecular complexity index is 788. The molecule has 0 bridgehead atoms. The van der Waals surface area contributed by atoms with Crippen molar-refractivity contribution in [1.82, 2.24) is 9.80 Å². The standard InChI is InChI=1S/C24H32N2O3/c1-29-21-11-5-7-18(15-21)16-23(27)25-14-12-22-20(17-25)10-6-13-26(22)24(28)19-8-3-2-4-9-19/h5,7-8,11,15,20,22H,2-4,6,9-10,12-14,16-17H2,1H3/t20-,22-/m1/s1. The van der Waals surface area contributed by atoms with E-state index in [2.05, 4.69) is 11.0 Å². The molecule has 5 heteroatoms. The summed E-state index contributed by atoms with van der Waals surface area (Å²) in [6.45, 7) is 2.39. The molecule has 0 spiro atoms. The number of methoxy groups -OCH3 is 1. The molecule has 0 unspecified atom stereocenters. The van der Waals surface area contributed by atoms with Crippen LogP contribution in [0.3, 0.4) is 0 Å². The molecule has 5 nitrogen and oxygen atoms in total. The van der Waals surface area contributed by atoms with E-state index in [1.807, 2.05) is 29.2 Å². The van der Waals surface area contributed by atoms with Crippen molar-refractivity contribution in [3.63, 3.8) is 0 Å². The van der Waals surface area contributed by atoms with Gasteiger partial charge in [0.15, 0.2) is 0 Å². The number of nitrogens with zero attached hydrogens (tertiary/aromatic N) is 2. The normalized spacial score (nSPS) is 24.5. The van der Waals surface area contributed by atoms with Gasteiger partial charge >= 0.3 is 0 Å². The molecule has 0 radical (unpaired) electrons. The van der Waals surface area contributed by atoms with E-state index in [1.165, 1.54) is 6.42 Å². The van der Waals surface area contributed by atoms with Gasteiger partial charge in [0.05, 0.1) is 13.5 Å². The van der Waals surface area contributed by atoms with Gasteiger partial charge in [-0.2, -0.15) is 0 Å². The Balaban J connectivity index is 1.38. The minimum atomic E-state index is 0.176. The van der Waals surface area contributed by atoms with Crippen LogP contribution in [0, 0.1) is 5.92 Å². The van der Waals surface area contributed by atoms with E-state index in [1.54, 1.807) is 7.11 Å². The van der Waals surface area contributed by atoms with Crippen LogP contribution in [0.4, 0.5) is 0 Å². The van der Waals surface area contributed by atoms with Crippen molar-refractivity contribution in [3.05, 3.63) is 41.5 Å². The highest BCUT2D eigenvalue weighted by atomic mass is 16.5. The minimum absolute atomic E-state index is 0.176. The van der Waals surface area contributed by atoms with Gasteiger partial charge in [-0.25, -0.2) is 0 Å². The molecule has 2 atom stereocenters. The number of piperidine rings is 2. The summed E-state index contributed by atoms with van der Waals surface area (Å²) in [4.78, 5) is 30.1. The average Bonchev–Trinajstić information content (AvgIpc) is 2.78. The Morgan fingerprint density at radius 2 is 2.03 bits per heavy atom. The number of amides is 2. The van der Waals surface area contributed by atoms with E-state index in [0.717, 1.165) is 75.0 Å². The molecule has 2 amide bonds. The molecule has 0 saturated carbocycles. The highest BCUT2D eigenvalue weighted by Crippen LogP contribution is 2.33. The Kier molecular flexibility index (Phi) is 6.22. The second kappa shape index (κ2) is 9.02. The molecule has 2 aliphatic heterocycles. The van der Waals surface area contributed by atoms with Gasteiger partial charge in [0, 0.05) is 31.2 Å². The van der Waals surface area contributed by atoms with Gasteiger partial charge in [0.1, 0.15) is 5.75 Å². The van der Waals surface area contributed by atoms with Crippen LogP contribution in [-0.2, 0) is 16.0 Å². The summed E-state index contributed by atoms with van der Waals surface area (Å²) in [5.74, 6) is 1.62. The Morgan fingerprint density at radius 3 is 2.83 bits per heavy atom. The SMILES string of the molecule is COc1cccc(CC(=O)N2CC[C@@H]3[C@H](CCCN3C(=O)C3=CCCCC3)C2)c1. The molecule has 2 saturated heterocycles. The zero-order valence-corrected chi connectivity index (χ0v) is 17.4. The lowest BCUT2D eigenvalue weighted by atomic mass is 9.83. The first-order valence-corrected chi connectivity index (χ1v) is 11.1. The first kappa shape index (κ1) is 20.0. The van der Waals surface area contributed by atoms with Crippen molar-refractivity contribution in [1.29, 1.82) is 0 Å².